The number of hydrogen-bond acceptors (Lipinski definition) is 6. The minimum atomic E-state index is -0.468. The molecule has 1 amide bonds. The Morgan fingerprint density at radius 1 is 1.17 bits per heavy atom. The van der Waals surface area contributed by atoms with Crippen molar-refractivity contribution in [3.63, 3.8) is 0 Å². The van der Waals surface area contributed by atoms with Crippen molar-refractivity contribution in [2.24, 2.45) is 10.5 Å². The minimum Gasteiger partial charge on any atom is -0.484 e. The van der Waals surface area contributed by atoms with Crippen LogP contribution in [0.2, 0.25) is 0 Å². The van der Waals surface area contributed by atoms with Crippen LogP contribution in [0.15, 0.2) is 41.5 Å². The van der Waals surface area contributed by atoms with Gasteiger partial charge >= 0.3 is 5.00 Å². The molecule has 1 aromatic heterocycles. The predicted octanol–water partition coefficient (Wildman–Crippen LogP) is 4.90. The van der Waals surface area contributed by atoms with Crippen LogP contribution >= 0.6 is 11.3 Å². The number of benzene rings is 1. The van der Waals surface area contributed by atoms with Gasteiger partial charge in [0.05, 0.1) is 16.0 Å². The second-order valence-corrected chi connectivity index (χ2v) is 9.75. The van der Waals surface area contributed by atoms with E-state index in [4.69, 9.17) is 4.74 Å². The van der Waals surface area contributed by atoms with Crippen molar-refractivity contribution in [1.82, 2.24) is 5.43 Å². The number of amides is 1. The average molecular weight is 418 g/mol. The van der Waals surface area contributed by atoms with E-state index in [0.717, 1.165) is 17.8 Å². The molecule has 0 spiro atoms. The highest BCUT2D eigenvalue weighted by atomic mass is 32.1. The Kier molecular flexibility index (Phi) is 7.13. The van der Waals surface area contributed by atoms with Crippen LogP contribution in [0.1, 0.15) is 51.5 Å². The summed E-state index contributed by atoms with van der Waals surface area (Å²) in [5.41, 5.74) is 3.83. The van der Waals surface area contributed by atoms with Crippen LogP contribution in [0.3, 0.4) is 0 Å². The standard InChI is InChI=1S/C21H27N3O4S/c1-20(2,3)14-21(4,5)15-6-8-16(9-7-15)28-13-18(25)23-22-12-17-10-11-19(29-17)24(26)27/h6-12H,13-14H2,1-5H3,(H,23,25)/b22-12-. The summed E-state index contributed by atoms with van der Waals surface area (Å²) in [7, 11) is 0. The van der Waals surface area contributed by atoms with Gasteiger partial charge < -0.3 is 4.74 Å². The molecule has 1 N–H and O–H groups in total. The lowest BCUT2D eigenvalue weighted by Crippen LogP contribution is -2.25. The molecule has 1 aromatic carbocycles. The molecule has 0 fully saturated rings. The summed E-state index contributed by atoms with van der Waals surface area (Å²) in [6, 6.07) is 10.7. The molecule has 0 saturated heterocycles. The maximum atomic E-state index is 11.8. The minimum absolute atomic E-state index is 0.0234. The molecule has 0 saturated carbocycles. The van der Waals surface area contributed by atoms with E-state index in [9.17, 15) is 14.9 Å². The lowest BCUT2D eigenvalue weighted by molar-refractivity contribution is -0.380. The first-order valence-corrected chi connectivity index (χ1v) is 10.1. The second kappa shape index (κ2) is 9.17. The Labute approximate surface area is 174 Å². The maximum absolute atomic E-state index is 11.8. The van der Waals surface area contributed by atoms with E-state index >= 15 is 0 Å². The van der Waals surface area contributed by atoms with E-state index in [2.05, 4.69) is 45.1 Å². The van der Waals surface area contributed by atoms with Crippen molar-refractivity contribution >= 4 is 28.5 Å². The van der Waals surface area contributed by atoms with Gasteiger partial charge in [-0.05, 0) is 41.0 Å². The van der Waals surface area contributed by atoms with Crippen LogP contribution in [0, 0.1) is 15.5 Å². The molecular formula is C21H27N3O4S. The molecule has 0 unspecified atom stereocenters. The fourth-order valence-corrected chi connectivity index (χ4v) is 3.98. The Bertz CT molecular complexity index is 880. The zero-order chi connectivity index (χ0) is 21.7. The smallest absolute Gasteiger partial charge is 0.324 e. The molecule has 29 heavy (non-hydrogen) atoms. The summed E-state index contributed by atoms with van der Waals surface area (Å²) in [6.07, 6.45) is 2.41. The van der Waals surface area contributed by atoms with Crippen molar-refractivity contribution < 1.29 is 14.5 Å². The van der Waals surface area contributed by atoms with Crippen molar-refractivity contribution in [3.8, 4) is 5.75 Å². The lowest BCUT2D eigenvalue weighted by Gasteiger charge is -2.33. The van der Waals surface area contributed by atoms with Gasteiger partial charge in [0.15, 0.2) is 6.61 Å². The monoisotopic (exact) mass is 417 g/mol. The number of hydrogen-bond donors (Lipinski definition) is 1. The van der Waals surface area contributed by atoms with E-state index in [1.807, 2.05) is 24.3 Å². The van der Waals surface area contributed by atoms with E-state index < -0.39 is 10.8 Å². The van der Waals surface area contributed by atoms with Crippen LogP contribution in [-0.2, 0) is 10.2 Å². The number of nitrogens with one attached hydrogen (secondary N) is 1. The number of nitro groups is 1. The number of ether oxygens (including phenoxy) is 1. The van der Waals surface area contributed by atoms with Gasteiger partial charge in [-0.15, -0.1) is 0 Å². The molecule has 8 heteroatoms. The van der Waals surface area contributed by atoms with Gasteiger partial charge in [0.2, 0.25) is 0 Å². The van der Waals surface area contributed by atoms with E-state index in [-0.39, 0.29) is 22.4 Å². The number of carbonyl (C=O) groups is 1. The van der Waals surface area contributed by atoms with E-state index in [1.54, 1.807) is 6.07 Å². The SMILES string of the molecule is CC(C)(C)CC(C)(C)c1ccc(OCC(=O)N/N=C\c2ccc([N+](=O)[O-])s2)cc1. The molecule has 0 aliphatic carbocycles. The largest absolute Gasteiger partial charge is 0.484 e. The number of nitrogens with zero attached hydrogens (tertiary/aromatic N) is 2. The highest BCUT2D eigenvalue weighted by Crippen LogP contribution is 2.36. The summed E-state index contributed by atoms with van der Waals surface area (Å²) < 4.78 is 5.50. The van der Waals surface area contributed by atoms with Gasteiger partial charge in [0.25, 0.3) is 5.91 Å². The van der Waals surface area contributed by atoms with Crippen LogP contribution in [0.4, 0.5) is 5.00 Å². The second-order valence-electron chi connectivity index (χ2n) is 8.66. The highest BCUT2D eigenvalue weighted by molar-refractivity contribution is 7.16. The molecule has 0 atom stereocenters. The van der Waals surface area contributed by atoms with Gasteiger partial charge in [-0.25, -0.2) is 5.43 Å². The van der Waals surface area contributed by atoms with Crippen LogP contribution in [0.5, 0.6) is 5.75 Å². The third kappa shape index (κ3) is 7.30. The molecule has 156 valence electrons. The van der Waals surface area contributed by atoms with Gasteiger partial charge in [-0.2, -0.15) is 5.10 Å². The average Bonchev–Trinajstić information content (AvgIpc) is 3.07. The molecule has 2 aromatic rings. The molecule has 1 heterocycles. The summed E-state index contributed by atoms with van der Waals surface area (Å²) in [5.74, 6) is 0.192. The third-order valence-electron chi connectivity index (χ3n) is 4.15. The lowest BCUT2D eigenvalue weighted by atomic mass is 9.72. The zero-order valence-corrected chi connectivity index (χ0v) is 18.2. The number of thiophene rings is 1. The number of rotatable bonds is 8. The molecule has 0 bridgehead atoms. The van der Waals surface area contributed by atoms with Crippen LogP contribution < -0.4 is 10.2 Å². The summed E-state index contributed by atoms with van der Waals surface area (Å²) in [4.78, 5) is 22.6. The first-order chi connectivity index (χ1) is 13.5. The molecule has 7 nitrogen and oxygen atoms in total. The predicted molar refractivity (Wildman–Crippen MR) is 116 cm³/mol. The molecule has 0 aliphatic heterocycles. The molecular weight excluding hydrogens is 390 g/mol. The summed E-state index contributed by atoms with van der Waals surface area (Å²) in [5, 5.41) is 14.5. The van der Waals surface area contributed by atoms with Gasteiger partial charge in [-0.3, -0.25) is 14.9 Å². The quantitative estimate of drug-likeness (QED) is 0.375. The van der Waals surface area contributed by atoms with Gasteiger partial charge in [0.1, 0.15) is 5.75 Å². The Morgan fingerprint density at radius 3 is 2.38 bits per heavy atom. The van der Waals surface area contributed by atoms with Crippen molar-refractivity contribution in [3.05, 3.63) is 57.0 Å². The first-order valence-electron chi connectivity index (χ1n) is 9.26. The Morgan fingerprint density at radius 2 is 1.83 bits per heavy atom. The van der Waals surface area contributed by atoms with Gasteiger partial charge in [0, 0.05) is 6.07 Å². The van der Waals surface area contributed by atoms with Crippen LogP contribution in [-0.4, -0.2) is 23.7 Å². The zero-order valence-electron chi connectivity index (χ0n) is 17.4. The summed E-state index contributed by atoms with van der Waals surface area (Å²) in [6.45, 7) is 11.0. The fraction of sp³-hybridized carbons (Fsp3) is 0.429. The first kappa shape index (κ1) is 22.5. The third-order valence-corrected chi connectivity index (χ3v) is 5.12. The highest BCUT2D eigenvalue weighted by Gasteiger charge is 2.27. The Balaban J connectivity index is 1.84. The number of hydrazone groups is 1. The van der Waals surface area contributed by atoms with Crippen molar-refractivity contribution in [2.45, 2.75) is 46.5 Å². The fourth-order valence-electron chi connectivity index (χ4n) is 3.29. The molecule has 2 rings (SSSR count). The van der Waals surface area contributed by atoms with Crippen molar-refractivity contribution in [1.29, 1.82) is 0 Å². The van der Waals surface area contributed by atoms with Gasteiger partial charge in [-0.1, -0.05) is 58.1 Å². The van der Waals surface area contributed by atoms with Crippen LogP contribution in [0.25, 0.3) is 0 Å². The van der Waals surface area contributed by atoms with E-state index in [1.165, 1.54) is 17.8 Å². The Hall–Kier alpha value is -2.74. The normalized spacial score (nSPS) is 12.2. The summed E-state index contributed by atoms with van der Waals surface area (Å²) >= 11 is 0.978. The molecule has 0 aliphatic rings. The van der Waals surface area contributed by atoms with Crippen molar-refractivity contribution in [2.75, 3.05) is 6.61 Å². The van der Waals surface area contributed by atoms with E-state index in [0.29, 0.717) is 10.6 Å². The maximum Gasteiger partial charge on any atom is 0.324 e. The number of carbonyl (C=O) groups excluding carboxylic acids is 1. The topological polar surface area (TPSA) is 93.8 Å². The molecule has 0 radical (unpaired) electrons.